The molecule has 0 bridgehead atoms. The van der Waals surface area contributed by atoms with E-state index in [9.17, 15) is 0 Å². The van der Waals surface area contributed by atoms with Gasteiger partial charge in [-0.3, -0.25) is 0 Å². The van der Waals surface area contributed by atoms with Gasteiger partial charge in [-0.15, -0.1) is 6.58 Å². The maximum atomic E-state index is 5.94. The van der Waals surface area contributed by atoms with Crippen LogP contribution in [-0.4, -0.2) is 52.4 Å². The topological polar surface area (TPSA) is 36.9 Å². The Labute approximate surface area is 156 Å². The Morgan fingerprint density at radius 2 is 1.64 bits per heavy atom. The Bertz CT molecular complexity index is 281. The summed E-state index contributed by atoms with van der Waals surface area (Å²) in [5.74, 6) is 1.31. The molecule has 0 aromatic heterocycles. The van der Waals surface area contributed by atoms with Gasteiger partial charge in [0.15, 0.2) is 0 Å². The Hall–Kier alpha value is -0.420. The molecule has 2 unspecified atom stereocenters. The van der Waals surface area contributed by atoms with Crippen molar-refractivity contribution in [3.8, 4) is 0 Å². The molecule has 0 saturated carbocycles. The van der Waals surface area contributed by atoms with E-state index in [4.69, 9.17) is 18.9 Å². The highest BCUT2D eigenvalue weighted by molar-refractivity contribution is 4.64. The fourth-order valence-corrected chi connectivity index (χ4v) is 2.38. The molecule has 0 aliphatic rings. The highest BCUT2D eigenvalue weighted by Crippen LogP contribution is 2.13. The Morgan fingerprint density at radius 3 is 2.28 bits per heavy atom. The van der Waals surface area contributed by atoms with Crippen molar-refractivity contribution in [3.05, 3.63) is 12.7 Å². The van der Waals surface area contributed by atoms with Crippen molar-refractivity contribution in [1.29, 1.82) is 0 Å². The summed E-state index contributed by atoms with van der Waals surface area (Å²) in [4.78, 5) is 0. The van der Waals surface area contributed by atoms with Gasteiger partial charge in [0, 0.05) is 13.2 Å². The minimum Gasteiger partial charge on any atom is -0.379 e. The third-order valence-electron chi connectivity index (χ3n) is 4.16. The van der Waals surface area contributed by atoms with Crippen LogP contribution in [0.3, 0.4) is 0 Å². The molecule has 0 aliphatic carbocycles. The number of ether oxygens (including phenoxy) is 4. The molecule has 0 saturated heterocycles. The van der Waals surface area contributed by atoms with Gasteiger partial charge in [0.05, 0.1) is 33.0 Å². The molecular formula is C21H42O4. The second kappa shape index (κ2) is 18.4. The third-order valence-corrected chi connectivity index (χ3v) is 4.16. The highest BCUT2D eigenvalue weighted by atomic mass is 16.6. The highest BCUT2D eigenvalue weighted by Gasteiger charge is 2.12. The van der Waals surface area contributed by atoms with Crippen LogP contribution in [-0.2, 0) is 18.9 Å². The molecule has 4 heteroatoms. The molecule has 0 radical (unpaired) electrons. The molecule has 0 heterocycles. The maximum Gasteiger partial charge on any atom is 0.104 e. The smallest absolute Gasteiger partial charge is 0.104 e. The first-order chi connectivity index (χ1) is 12.1. The van der Waals surface area contributed by atoms with E-state index in [1.807, 2.05) is 0 Å². The summed E-state index contributed by atoms with van der Waals surface area (Å²) in [6, 6.07) is 0. The molecule has 0 aliphatic heterocycles. The van der Waals surface area contributed by atoms with E-state index in [1.54, 1.807) is 6.08 Å². The second-order valence-corrected chi connectivity index (χ2v) is 7.07. The Morgan fingerprint density at radius 1 is 0.880 bits per heavy atom. The number of hydrogen-bond donors (Lipinski definition) is 0. The van der Waals surface area contributed by atoms with Gasteiger partial charge in [-0.25, -0.2) is 0 Å². The molecule has 4 nitrogen and oxygen atoms in total. The fraction of sp³-hybridized carbons (Fsp3) is 0.905. The van der Waals surface area contributed by atoms with E-state index >= 15 is 0 Å². The lowest BCUT2D eigenvalue weighted by Gasteiger charge is -2.21. The predicted octanol–water partition coefficient (Wildman–Crippen LogP) is 4.87. The molecule has 150 valence electrons. The molecule has 0 rings (SSSR count). The molecule has 0 amide bonds. The average Bonchev–Trinajstić information content (AvgIpc) is 2.60. The zero-order valence-electron chi connectivity index (χ0n) is 17.1. The van der Waals surface area contributed by atoms with Crippen LogP contribution in [0.15, 0.2) is 12.7 Å². The van der Waals surface area contributed by atoms with E-state index < -0.39 is 0 Å². The number of rotatable bonds is 19. The number of hydrogen-bond acceptors (Lipinski definition) is 4. The lowest BCUT2D eigenvalue weighted by Crippen LogP contribution is -2.28. The minimum atomic E-state index is -0.0248. The molecule has 0 fully saturated rings. The van der Waals surface area contributed by atoms with Crippen molar-refractivity contribution in [2.24, 2.45) is 11.8 Å². The molecule has 0 spiro atoms. The summed E-state index contributed by atoms with van der Waals surface area (Å²) in [5, 5.41) is 0. The zero-order chi connectivity index (χ0) is 18.8. The first-order valence-electron chi connectivity index (χ1n) is 10.1. The molecule has 2 atom stereocenters. The van der Waals surface area contributed by atoms with Gasteiger partial charge in [-0.05, 0) is 24.7 Å². The Kier molecular flexibility index (Phi) is 18.1. The normalized spacial score (nSPS) is 14.0. The van der Waals surface area contributed by atoms with Crippen molar-refractivity contribution in [2.75, 3.05) is 46.2 Å². The molecule has 0 aromatic rings. The second-order valence-electron chi connectivity index (χ2n) is 7.07. The summed E-state index contributed by atoms with van der Waals surface area (Å²) in [6.45, 7) is 17.0. The van der Waals surface area contributed by atoms with Crippen LogP contribution >= 0.6 is 0 Å². The summed E-state index contributed by atoms with van der Waals surface area (Å²) in [7, 11) is 0. The van der Waals surface area contributed by atoms with E-state index in [0.717, 1.165) is 19.6 Å². The molecule has 25 heavy (non-hydrogen) atoms. The van der Waals surface area contributed by atoms with E-state index in [2.05, 4.69) is 34.3 Å². The number of unbranched alkanes of at least 4 members (excludes halogenated alkanes) is 1. The summed E-state index contributed by atoms with van der Waals surface area (Å²) in [5.41, 5.74) is 0. The average molecular weight is 359 g/mol. The van der Waals surface area contributed by atoms with Crippen molar-refractivity contribution < 1.29 is 18.9 Å². The van der Waals surface area contributed by atoms with Gasteiger partial charge in [-0.2, -0.15) is 0 Å². The van der Waals surface area contributed by atoms with Gasteiger partial charge in [0.25, 0.3) is 0 Å². The van der Waals surface area contributed by atoms with Crippen LogP contribution in [0.2, 0.25) is 0 Å². The van der Waals surface area contributed by atoms with E-state index in [0.29, 0.717) is 44.9 Å². The fourth-order valence-electron chi connectivity index (χ4n) is 2.38. The lowest BCUT2D eigenvalue weighted by atomic mass is 10.0. The summed E-state index contributed by atoms with van der Waals surface area (Å²) < 4.78 is 23.0. The van der Waals surface area contributed by atoms with Gasteiger partial charge >= 0.3 is 0 Å². The zero-order valence-corrected chi connectivity index (χ0v) is 17.1. The van der Waals surface area contributed by atoms with Crippen LogP contribution in [0.4, 0.5) is 0 Å². The van der Waals surface area contributed by atoms with Crippen LogP contribution < -0.4 is 0 Å². The van der Waals surface area contributed by atoms with Crippen LogP contribution in [0.1, 0.15) is 59.8 Å². The monoisotopic (exact) mass is 358 g/mol. The van der Waals surface area contributed by atoms with Crippen LogP contribution in [0.25, 0.3) is 0 Å². The predicted molar refractivity (Wildman–Crippen MR) is 105 cm³/mol. The van der Waals surface area contributed by atoms with Gasteiger partial charge in [0.1, 0.15) is 6.10 Å². The third kappa shape index (κ3) is 16.8. The lowest BCUT2D eigenvalue weighted by molar-refractivity contribution is -0.0767. The SMILES string of the molecule is C=CCOCCOC(COCCC(C)C)COCC(CC)CCCC. The van der Waals surface area contributed by atoms with Gasteiger partial charge < -0.3 is 18.9 Å². The largest absolute Gasteiger partial charge is 0.379 e. The van der Waals surface area contributed by atoms with Crippen LogP contribution in [0.5, 0.6) is 0 Å². The maximum absolute atomic E-state index is 5.94. The van der Waals surface area contributed by atoms with Gasteiger partial charge in [0.2, 0.25) is 0 Å². The standard InChI is InChI=1S/C21H42O4/c1-6-9-10-20(8-3)16-24-18-21(17-23-13-11-19(4)5)25-15-14-22-12-7-2/h7,19-21H,2,6,8-18H2,1,3-5H3. The Balaban J connectivity index is 4.05. The van der Waals surface area contributed by atoms with Crippen molar-refractivity contribution in [1.82, 2.24) is 0 Å². The quantitative estimate of drug-likeness (QED) is 0.244. The van der Waals surface area contributed by atoms with Crippen molar-refractivity contribution >= 4 is 0 Å². The molecular weight excluding hydrogens is 316 g/mol. The molecule has 0 N–H and O–H groups in total. The molecule has 0 aromatic carbocycles. The summed E-state index contributed by atoms with van der Waals surface area (Å²) in [6.07, 6.45) is 7.74. The van der Waals surface area contributed by atoms with Crippen molar-refractivity contribution in [3.63, 3.8) is 0 Å². The van der Waals surface area contributed by atoms with E-state index in [-0.39, 0.29) is 6.10 Å². The van der Waals surface area contributed by atoms with Crippen LogP contribution in [0, 0.1) is 11.8 Å². The van der Waals surface area contributed by atoms with Gasteiger partial charge in [-0.1, -0.05) is 53.0 Å². The first kappa shape index (κ1) is 24.6. The van der Waals surface area contributed by atoms with Crippen molar-refractivity contribution in [2.45, 2.75) is 65.9 Å². The minimum absolute atomic E-state index is 0.0248. The first-order valence-corrected chi connectivity index (χ1v) is 10.1. The van der Waals surface area contributed by atoms with E-state index in [1.165, 1.54) is 25.7 Å². The summed E-state index contributed by atoms with van der Waals surface area (Å²) >= 11 is 0.